The summed E-state index contributed by atoms with van der Waals surface area (Å²) in [7, 11) is 0. The first-order chi connectivity index (χ1) is 7.67. The molecule has 3 N–H and O–H groups in total. The molecular weight excluding hydrogens is 232 g/mol. The van der Waals surface area contributed by atoms with Crippen LogP contribution in [0.25, 0.3) is 0 Å². The molecule has 0 radical (unpaired) electrons. The highest BCUT2D eigenvalue weighted by Gasteiger charge is 2.42. The zero-order chi connectivity index (χ0) is 11.7. The number of aromatic amines is 1. The molecule has 2 rings (SSSR count). The lowest BCUT2D eigenvalue weighted by Gasteiger charge is -2.42. The molecule has 0 aliphatic carbocycles. The number of aliphatic hydroxyl groups excluding tert-OH is 2. The van der Waals surface area contributed by atoms with E-state index in [9.17, 15) is 9.59 Å². The van der Waals surface area contributed by atoms with Crippen LogP contribution in [0.5, 0.6) is 0 Å². The van der Waals surface area contributed by atoms with Gasteiger partial charge in [0.2, 0.25) is 0 Å². The van der Waals surface area contributed by atoms with Gasteiger partial charge in [-0.2, -0.15) is 0 Å². The fraction of sp³-hybridized carbons (Fsp3) is 0.556. The molecule has 16 heavy (non-hydrogen) atoms. The van der Waals surface area contributed by atoms with Crippen molar-refractivity contribution in [3.05, 3.63) is 33.1 Å². The Hall–Kier alpha value is -1.05. The molecule has 0 bridgehead atoms. The third-order valence-electron chi connectivity index (χ3n) is 2.67. The van der Waals surface area contributed by atoms with Crippen molar-refractivity contribution in [2.24, 2.45) is 5.92 Å². The summed E-state index contributed by atoms with van der Waals surface area (Å²) in [6.45, 7) is -0.112. The van der Waals surface area contributed by atoms with Crippen LogP contribution in [0, 0.1) is 5.92 Å². The number of nitrogens with one attached hydrogen (secondary N) is 1. The van der Waals surface area contributed by atoms with Crippen molar-refractivity contribution in [2.45, 2.75) is 10.6 Å². The fourth-order valence-electron chi connectivity index (χ4n) is 1.76. The molecule has 1 aliphatic rings. The molecule has 1 unspecified atom stereocenters. The predicted molar refractivity (Wildman–Crippen MR) is 59.4 cm³/mol. The van der Waals surface area contributed by atoms with Crippen molar-refractivity contribution in [2.75, 3.05) is 13.2 Å². The second kappa shape index (κ2) is 4.44. The van der Waals surface area contributed by atoms with Crippen molar-refractivity contribution in [1.82, 2.24) is 9.55 Å². The van der Waals surface area contributed by atoms with E-state index in [1.807, 2.05) is 0 Å². The van der Waals surface area contributed by atoms with E-state index in [1.54, 1.807) is 0 Å². The van der Waals surface area contributed by atoms with Crippen molar-refractivity contribution >= 4 is 11.8 Å². The van der Waals surface area contributed by atoms with Crippen LogP contribution >= 0.6 is 11.8 Å². The zero-order valence-corrected chi connectivity index (χ0v) is 9.18. The maximum Gasteiger partial charge on any atom is 0.329 e. The molecule has 0 saturated carbocycles. The Morgan fingerprint density at radius 3 is 2.69 bits per heavy atom. The summed E-state index contributed by atoms with van der Waals surface area (Å²) in [4.78, 5) is 24.5. The van der Waals surface area contributed by atoms with Crippen LogP contribution in [0.3, 0.4) is 0 Å². The average molecular weight is 244 g/mol. The van der Waals surface area contributed by atoms with Crippen LogP contribution in [0.1, 0.15) is 5.37 Å². The quantitative estimate of drug-likeness (QED) is 0.617. The lowest BCUT2D eigenvalue weighted by atomic mass is 10.0. The van der Waals surface area contributed by atoms with Crippen molar-refractivity contribution in [3.8, 4) is 0 Å². The van der Waals surface area contributed by atoms with Crippen LogP contribution in [0.15, 0.2) is 21.9 Å². The van der Waals surface area contributed by atoms with E-state index in [0.29, 0.717) is 0 Å². The predicted octanol–water partition coefficient (Wildman–Crippen LogP) is -1.25. The first-order valence-electron chi connectivity index (χ1n) is 4.86. The average Bonchev–Trinajstić information content (AvgIpc) is 2.21. The van der Waals surface area contributed by atoms with Gasteiger partial charge in [-0.25, -0.2) is 4.79 Å². The second-order valence-corrected chi connectivity index (χ2v) is 4.97. The molecule has 1 aliphatic heterocycles. The molecule has 0 amide bonds. The number of aliphatic hydroxyl groups is 2. The summed E-state index contributed by atoms with van der Waals surface area (Å²) < 4.78 is 1.37. The van der Waals surface area contributed by atoms with Gasteiger partial charge in [0.15, 0.2) is 0 Å². The van der Waals surface area contributed by atoms with Gasteiger partial charge in [-0.3, -0.25) is 14.3 Å². The van der Waals surface area contributed by atoms with E-state index in [0.717, 1.165) is 0 Å². The van der Waals surface area contributed by atoms with Crippen LogP contribution in [-0.4, -0.2) is 38.2 Å². The van der Waals surface area contributed by atoms with E-state index < -0.39 is 11.2 Å². The summed E-state index contributed by atoms with van der Waals surface area (Å²) >= 11 is 1.41. The number of H-pyrrole nitrogens is 1. The summed E-state index contributed by atoms with van der Waals surface area (Å²) in [5.41, 5.74) is -0.926. The normalized spacial score (nSPS) is 28.8. The number of nitrogens with zero attached hydrogens (tertiary/aromatic N) is 1. The number of rotatable bonds is 3. The molecule has 1 fully saturated rings. The number of hydrogen-bond acceptors (Lipinski definition) is 5. The SMILES string of the molecule is O=c1ccn(C2S[C@@H](CO)[C@@H]2CO)c(=O)[nH]1. The Balaban J connectivity index is 2.26. The third-order valence-corrected chi connectivity index (χ3v) is 4.38. The lowest BCUT2D eigenvalue weighted by Crippen LogP contribution is -2.46. The first kappa shape index (κ1) is 11.4. The van der Waals surface area contributed by atoms with E-state index >= 15 is 0 Å². The maximum absolute atomic E-state index is 11.5. The minimum Gasteiger partial charge on any atom is -0.396 e. The standard InChI is InChI=1S/C9H12N2O4S/c12-3-5-6(4-13)16-8(5)11-2-1-7(14)10-9(11)15/h1-2,5-6,8,12-13H,3-4H2,(H,10,14,15)/t5-,6-,8?/m0/s1. The van der Waals surface area contributed by atoms with Gasteiger partial charge in [0.25, 0.3) is 5.56 Å². The molecule has 1 aromatic heterocycles. The molecule has 1 aromatic rings. The van der Waals surface area contributed by atoms with Gasteiger partial charge in [-0.15, -0.1) is 11.8 Å². The van der Waals surface area contributed by atoms with Gasteiger partial charge in [0.1, 0.15) is 0 Å². The molecule has 88 valence electrons. The van der Waals surface area contributed by atoms with Gasteiger partial charge >= 0.3 is 5.69 Å². The Kier molecular flexibility index (Phi) is 3.17. The van der Waals surface area contributed by atoms with E-state index in [2.05, 4.69) is 4.98 Å². The van der Waals surface area contributed by atoms with Crippen molar-refractivity contribution in [3.63, 3.8) is 0 Å². The van der Waals surface area contributed by atoms with Crippen LogP contribution in [0.4, 0.5) is 0 Å². The molecule has 0 spiro atoms. The summed E-state index contributed by atoms with van der Waals surface area (Å²) in [6, 6.07) is 1.27. The molecule has 1 saturated heterocycles. The van der Waals surface area contributed by atoms with Gasteiger partial charge in [-0.05, 0) is 0 Å². The van der Waals surface area contributed by atoms with E-state index in [-0.39, 0.29) is 29.8 Å². The van der Waals surface area contributed by atoms with Crippen molar-refractivity contribution in [1.29, 1.82) is 0 Å². The van der Waals surface area contributed by atoms with Crippen LogP contribution < -0.4 is 11.2 Å². The molecule has 0 aromatic carbocycles. The summed E-state index contributed by atoms with van der Waals surface area (Å²) in [6.07, 6.45) is 1.41. The third kappa shape index (κ3) is 1.81. The second-order valence-electron chi connectivity index (χ2n) is 3.61. The smallest absolute Gasteiger partial charge is 0.329 e. The molecule has 2 heterocycles. The zero-order valence-electron chi connectivity index (χ0n) is 8.37. The van der Waals surface area contributed by atoms with Gasteiger partial charge < -0.3 is 10.2 Å². The number of hydrogen-bond donors (Lipinski definition) is 3. The Labute approximate surface area is 94.9 Å². The minimum absolute atomic E-state index is 0.0233. The fourth-order valence-corrected chi connectivity index (χ4v) is 3.14. The van der Waals surface area contributed by atoms with Crippen LogP contribution in [-0.2, 0) is 0 Å². The highest BCUT2D eigenvalue weighted by atomic mass is 32.2. The highest BCUT2D eigenvalue weighted by molar-refractivity contribution is 8.01. The van der Waals surface area contributed by atoms with Gasteiger partial charge in [0, 0.05) is 30.0 Å². The molecular formula is C9H12N2O4S. The number of aromatic nitrogens is 2. The van der Waals surface area contributed by atoms with Gasteiger partial charge in [0.05, 0.1) is 12.0 Å². The topological polar surface area (TPSA) is 95.3 Å². The van der Waals surface area contributed by atoms with E-state index in [1.165, 1.54) is 28.6 Å². The van der Waals surface area contributed by atoms with Crippen LogP contribution in [0.2, 0.25) is 0 Å². The maximum atomic E-state index is 11.5. The monoisotopic (exact) mass is 244 g/mol. The Morgan fingerprint density at radius 1 is 1.38 bits per heavy atom. The lowest BCUT2D eigenvalue weighted by molar-refractivity contribution is 0.155. The van der Waals surface area contributed by atoms with Gasteiger partial charge in [-0.1, -0.05) is 0 Å². The first-order valence-corrected chi connectivity index (χ1v) is 5.80. The summed E-state index contributed by atoms with van der Waals surface area (Å²) in [5, 5.41) is 17.9. The Morgan fingerprint density at radius 2 is 2.12 bits per heavy atom. The van der Waals surface area contributed by atoms with E-state index in [4.69, 9.17) is 10.2 Å². The minimum atomic E-state index is -0.486. The highest BCUT2D eigenvalue weighted by Crippen LogP contribution is 2.48. The Bertz CT molecular complexity index is 483. The molecule has 6 nitrogen and oxygen atoms in total. The largest absolute Gasteiger partial charge is 0.396 e. The number of thioether (sulfide) groups is 1. The molecule has 3 atom stereocenters. The summed E-state index contributed by atoms with van der Waals surface area (Å²) in [5.74, 6) is -0.154. The molecule has 7 heteroatoms. The van der Waals surface area contributed by atoms with Crippen molar-refractivity contribution < 1.29 is 10.2 Å².